The largest absolute Gasteiger partial charge is 0.311 e. The summed E-state index contributed by atoms with van der Waals surface area (Å²) in [7, 11) is 0. The molecule has 1 aliphatic carbocycles. The van der Waals surface area contributed by atoms with Gasteiger partial charge in [-0.25, -0.2) is 4.39 Å². The molecule has 0 atom stereocenters. The van der Waals surface area contributed by atoms with Gasteiger partial charge in [-0.2, -0.15) is 0 Å². The predicted octanol–water partition coefficient (Wildman–Crippen LogP) is 4.93. The highest BCUT2D eigenvalue weighted by atomic mass is 35.5. The molecule has 0 heterocycles. The van der Waals surface area contributed by atoms with Gasteiger partial charge < -0.3 is 5.32 Å². The molecule has 0 unspecified atom stereocenters. The quantitative estimate of drug-likeness (QED) is 0.834. The minimum absolute atomic E-state index is 0.0183. The first kappa shape index (κ1) is 15.8. The van der Waals surface area contributed by atoms with E-state index in [2.05, 4.69) is 39.9 Å². The summed E-state index contributed by atoms with van der Waals surface area (Å²) in [6, 6.07) is 4.99. The smallest absolute Gasteiger partial charge is 0.128 e. The van der Waals surface area contributed by atoms with E-state index in [1.165, 1.54) is 6.07 Å². The van der Waals surface area contributed by atoms with Crippen LogP contribution in [-0.4, -0.2) is 12.1 Å². The zero-order valence-corrected chi connectivity index (χ0v) is 13.9. The van der Waals surface area contributed by atoms with E-state index in [-0.39, 0.29) is 22.2 Å². The van der Waals surface area contributed by atoms with E-state index in [4.69, 9.17) is 11.6 Å². The molecule has 1 fully saturated rings. The Bertz CT molecular complexity index is 474. The van der Waals surface area contributed by atoms with E-state index >= 15 is 0 Å². The van der Waals surface area contributed by atoms with Gasteiger partial charge in [-0.15, -0.1) is 0 Å². The third kappa shape index (κ3) is 3.17. The molecule has 1 aromatic rings. The van der Waals surface area contributed by atoms with Crippen molar-refractivity contribution in [3.8, 4) is 0 Å². The van der Waals surface area contributed by atoms with Crippen LogP contribution in [0.5, 0.6) is 0 Å². The number of rotatable bonds is 3. The summed E-state index contributed by atoms with van der Waals surface area (Å²) >= 11 is 6.30. The molecule has 112 valence electrons. The molecule has 0 saturated heterocycles. The Morgan fingerprint density at radius 1 is 1.25 bits per heavy atom. The van der Waals surface area contributed by atoms with Crippen molar-refractivity contribution in [3.05, 3.63) is 34.6 Å². The van der Waals surface area contributed by atoms with Crippen molar-refractivity contribution in [2.45, 2.75) is 58.4 Å². The zero-order chi connectivity index (χ0) is 15.2. The molecule has 3 heteroatoms. The maximum atomic E-state index is 14.3. The molecule has 0 amide bonds. The lowest BCUT2D eigenvalue weighted by Crippen LogP contribution is -2.55. The standard InChI is InChI=1S/C17H25ClFN/c1-15(2,3)20-11-17(9-16(4,5)10-17)14-12(18)7-6-8-13(14)19/h6-8,20H,9-11H2,1-5H3. The van der Waals surface area contributed by atoms with Crippen LogP contribution in [0.2, 0.25) is 5.02 Å². The summed E-state index contributed by atoms with van der Waals surface area (Å²) in [6.45, 7) is 11.6. The highest BCUT2D eigenvalue weighted by Crippen LogP contribution is 2.57. The Labute approximate surface area is 126 Å². The second-order valence-corrected chi connectivity index (χ2v) is 8.41. The van der Waals surface area contributed by atoms with Gasteiger partial charge in [0.1, 0.15) is 5.82 Å². The van der Waals surface area contributed by atoms with E-state index in [9.17, 15) is 4.39 Å². The SMILES string of the molecule is CC1(C)CC(CNC(C)(C)C)(c2c(F)cccc2Cl)C1. The number of hydrogen-bond donors (Lipinski definition) is 1. The second kappa shape index (κ2) is 4.99. The van der Waals surface area contributed by atoms with Crippen molar-refractivity contribution in [3.63, 3.8) is 0 Å². The van der Waals surface area contributed by atoms with E-state index in [1.807, 2.05) is 0 Å². The van der Waals surface area contributed by atoms with Crippen LogP contribution in [0.15, 0.2) is 18.2 Å². The number of benzene rings is 1. The minimum atomic E-state index is -0.181. The Morgan fingerprint density at radius 3 is 2.30 bits per heavy atom. The molecule has 1 aromatic carbocycles. The van der Waals surface area contributed by atoms with E-state index in [0.717, 1.165) is 19.4 Å². The summed E-state index contributed by atoms with van der Waals surface area (Å²) in [5.74, 6) is -0.177. The van der Waals surface area contributed by atoms with Gasteiger partial charge in [0, 0.05) is 28.1 Å². The summed E-state index contributed by atoms with van der Waals surface area (Å²) in [5, 5.41) is 4.08. The lowest BCUT2D eigenvalue weighted by molar-refractivity contribution is 0.0486. The molecule has 1 nitrogen and oxygen atoms in total. The van der Waals surface area contributed by atoms with Gasteiger partial charge >= 0.3 is 0 Å². The molecule has 0 radical (unpaired) electrons. The zero-order valence-electron chi connectivity index (χ0n) is 13.1. The lowest BCUT2D eigenvalue weighted by Gasteiger charge is -2.55. The van der Waals surface area contributed by atoms with Crippen LogP contribution in [0.25, 0.3) is 0 Å². The molecule has 0 aromatic heterocycles. The van der Waals surface area contributed by atoms with Crippen molar-refractivity contribution in [2.75, 3.05) is 6.54 Å². The topological polar surface area (TPSA) is 12.0 Å². The highest BCUT2D eigenvalue weighted by molar-refractivity contribution is 6.31. The molecule has 1 aliphatic rings. The minimum Gasteiger partial charge on any atom is -0.311 e. The van der Waals surface area contributed by atoms with Crippen LogP contribution in [-0.2, 0) is 5.41 Å². The molecule has 0 bridgehead atoms. The van der Waals surface area contributed by atoms with Crippen LogP contribution in [0.3, 0.4) is 0 Å². The molecule has 2 rings (SSSR count). The van der Waals surface area contributed by atoms with Crippen molar-refractivity contribution in [1.29, 1.82) is 0 Å². The van der Waals surface area contributed by atoms with Gasteiger partial charge in [-0.05, 0) is 51.2 Å². The van der Waals surface area contributed by atoms with Gasteiger partial charge in [0.2, 0.25) is 0 Å². The van der Waals surface area contributed by atoms with E-state index in [0.29, 0.717) is 10.6 Å². The van der Waals surface area contributed by atoms with Crippen LogP contribution >= 0.6 is 11.6 Å². The van der Waals surface area contributed by atoms with Gasteiger partial charge in [0.25, 0.3) is 0 Å². The van der Waals surface area contributed by atoms with Crippen LogP contribution in [0.1, 0.15) is 53.0 Å². The van der Waals surface area contributed by atoms with Crippen molar-refractivity contribution >= 4 is 11.6 Å². The summed E-state index contributed by atoms with van der Waals surface area (Å²) < 4.78 is 14.3. The van der Waals surface area contributed by atoms with Crippen molar-refractivity contribution in [1.82, 2.24) is 5.32 Å². The highest BCUT2D eigenvalue weighted by Gasteiger charge is 2.52. The molecule has 1 saturated carbocycles. The lowest BCUT2D eigenvalue weighted by atomic mass is 9.51. The molecule has 20 heavy (non-hydrogen) atoms. The Hall–Kier alpha value is -0.600. The van der Waals surface area contributed by atoms with Crippen molar-refractivity contribution in [2.24, 2.45) is 5.41 Å². The average Bonchev–Trinajstić information content (AvgIpc) is 2.22. The third-order valence-corrected chi connectivity index (χ3v) is 4.40. The third-order valence-electron chi connectivity index (χ3n) is 4.08. The van der Waals surface area contributed by atoms with Crippen LogP contribution in [0.4, 0.5) is 4.39 Å². The Balaban J connectivity index is 2.34. The maximum absolute atomic E-state index is 14.3. The van der Waals surface area contributed by atoms with Gasteiger partial charge in [-0.1, -0.05) is 31.5 Å². The second-order valence-electron chi connectivity index (χ2n) is 8.00. The monoisotopic (exact) mass is 297 g/mol. The number of nitrogens with one attached hydrogen (secondary N) is 1. The maximum Gasteiger partial charge on any atom is 0.128 e. The van der Waals surface area contributed by atoms with Crippen LogP contribution < -0.4 is 5.32 Å². The summed E-state index contributed by atoms with van der Waals surface area (Å²) in [6.07, 6.45) is 1.92. The average molecular weight is 298 g/mol. The fraction of sp³-hybridized carbons (Fsp3) is 0.647. The fourth-order valence-electron chi connectivity index (χ4n) is 3.61. The normalized spacial score (nSPS) is 20.6. The Morgan fingerprint density at radius 2 is 1.85 bits per heavy atom. The molecule has 0 aliphatic heterocycles. The molecular formula is C17H25ClFN. The van der Waals surface area contributed by atoms with E-state index in [1.54, 1.807) is 12.1 Å². The summed E-state index contributed by atoms with van der Waals surface area (Å²) in [5.41, 5.74) is 0.784. The number of halogens is 2. The molecular weight excluding hydrogens is 273 g/mol. The van der Waals surface area contributed by atoms with E-state index < -0.39 is 0 Å². The van der Waals surface area contributed by atoms with Gasteiger partial charge in [0.15, 0.2) is 0 Å². The van der Waals surface area contributed by atoms with Crippen LogP contribution in [0, 0.1) is 11.2 Å². The first-order valence-corrected chi connectivity index (χ1v) is 7.62. The Kier molecular flexibility index (Phi) is 3.94. The first-order chi connectivity index (χ1) is 9.05. The summed E-state index contributed by atoms with van der Waals surface area (Å²) in [4.78, 5) is 0. The predicted molar refractivity (Wildman–Crippen MR) is 83.9 cm³/mol. The molecule has 0 spiro atoms. The molecule has 1 N–H and O–H groups in total. The number of hydrogen-bond acceptors (Lipinski definition) is 1. The van der Waals surface area contributed by atoms with Crippen molar-refractivity contribution < 1.29 is 4.39 Å². The van der Waals surface area contributed by atoms with Gasteiger partial charge in [-0.3, -0.25) is 0 Å². The van der Waals surface area contributed by atoms with Gasteiger partial charge in [0.05, 0.1) is 0 Å². The first-order valence-electron chi connectivity index (χ1n) is 7.24. The fourth-order valence-corrected chi connectivity index (χ4v) is 3.97.